The molecule has 14 heavy (non-hydrogen) atoms. The standard InChI is InChI=1S/C10H18N2O2/c1-12-6-2-3-10(4-7-12)5-8-14-9(13)11-10/h2-8H2,1H3,(H,11,13). The summed E-state index contributed by atoms with van der Waals surface area (Å²) in [5, 5.41) is 3.00. The van der Waals surface area contributed by atoms with Crippen molar-refractivity contribution < 1.29 is 9.53 Å². The van der Waals surface area contributed by atoms with E-state index in [0.29, 0.717) is 6.61 Å². The Morgan fingerprint density at radius 1 is 1.36 bits per heavy atom. The molecule has 1 amide bonds. The van der Waals surface area contributed by atoms with E-state index < -0.39 is 0 Å². The van der Waals surface area contributed by atoms with Crippen LogP contribution in [-0.4, -0.2) is 43.3 Å². The van der Waals surface area contributed by atoms with Crippen molar-refractivity contribution in [2.45, 2.75) is 31.2 Å². The van der Waals surface area contributed by atoms with E-state index in [0.717, 1.165) is 38.8 Å². The molecule has 1 unspecified atom stereocenters. The zero-order valence-corrected chi connectivity index (χ0v) is 8.71. The first-order valence-corrected chi connectivity index (χ1v) is 5.34. The molecular weight excluding hydrogens is 180 g/mol. The monoisotopic (exact) mass is 198 g/mol. The van der Waals surface area contributed by atoms with Crippen LogP contribution in [0.25, 0.3) is 0 Å². The average molecular weight is 198 g/mol. The number of nitrogens with zero attached hydrogens (tertiary/aromatic N) is 1. The molecule has 4 heteroatoms. The molecule has 1 atom stereocenters. The van der Waals surface area contributed by atoms with Crippen molar-refractivity contribution in [3.63, 3.8) is 0 Å². The molecule has 0 saturated carbocycles. The lowest BCUT2D eigenvalue weighted by Gasteiger charge is -2.36. The highest BCUT2D eigenvalue weighted by molar-refractivity contribution is 5.69. The maximum absolute atomic E-state index is 11.2. The number of ether oxygens (including phenoxy) is 1. The number of nitrogens with one attached hydrogen (secondary N) is 1. The Morgan fingerprint density at radius 2 is 2.21 bits per heavy atom. The number of likely N-dealkylation sites (tertiary alicyclic amines) is 1. The third kappa shape index (κ3) is 2.00. The van der Waals surface area contributed by atoms with Gasteiger partial charge in [0, 0.05) is 18.5 Å². The topological polar surface area (TPSA) is 41.6 Å². The number of cyclic esters (lactones) is 1. The van der Waals surface area contributed by atoms with Gasteiger partial charge in [-0.25, -0.2) is 4.79 Å². The second-order valence-electron chi connectivity index (χ2n) is 4.45. The fraction of sp³-hybridized carbons (Fsp3) is 0.900. The van der Waals surface area contributed by atoms with Crippen molar-refractivity contribution in [1.82, 2.24) is 10.2 Å². The molecule has 0 aromatic carbocycles. The van der Waals surface area contributed by atoms with Crippen molar-refractivity contribution in [3.05, 3.63) is 0 Å². The fourth-order valence-corrected chi connectivity index (χ4v) is 2.36. The van der Waals surface area contributed by atoms with Crippen LogP contribution in [0, 0.1) is 0 Å². The van der Waals surface area contributed by atoms with Crippen LogP contribution in [0.5, 0.6) is 0 Å². The van der Waals surface area contributed by atoms with Gasteiger partial charge in [-0.2, -0.15) is 0 Å². The molecule has 2 saturated heterocycles. The molecule has 80 valence electrons. The summed E-state index contributed by atoms with van der Waals surface area (Å²) in [5.41, 5.74) is 0.0279. The molecular formula is C10H18N2O2. The van der Waals surface area contributed by atoms with Crippen LogP contribution in [-0.2, 0) is 4.74 Å². The predicted octanol–water partition coefficient (Wildman–Crippen LogP) is 0.971. The Balaban J connectivity index is 2.02. The van der Waals surface area contributed by atoms with E-state index in [-0.39, 0.29) is 11.6 Å². The summed E-state index contributed by atoms with van der Waals surface area (Å²) in [7, 11) is 2.14. The molecule has 2 aliphatic heterocycles. The van der Waals surface area contributed by atoms with Gasteiger partial charge in [0.25, 0.3) is 0 Å². The smallest absolute Gasteiger partial charge is 0.407 e. The number of alkyl carbamates (subject to hydrolysis) is 1. The first-order chi connectivity index (χ1) is 6.70. The lowest BCUT2D eigenvalue weighted by molar-refractivity contribution is 0.0809. The van der Waals surface area contributed by atoms with Gasteiger partial charge < -0.3 is 15.0 Å². The number of carbonyl (C=O) groups is 1. The SMILES string of the molecule is CN1CCCC2(CCOC(=O)N2)CC1. The molecule has 2 heterocycles. The third-order valence-electron chi connectivity index (χ3n) is 3.35. The maximum atomic E-state index is 11.2. The lowest BCUT2D eigenvalue weighted by Crippen LogP contribution is -2.53. The molecule has 2 aliphatic rings. The first kappa shape index (κ1) is 9.77. The van der Waals surface area contributed by atoms with Crippen LogP contribution >= 0.6 is 0 Å². The van der Waals surface area contributed by atoms with Crippen LogP contribution < -0.4 is 5.32 Å². The molecule has 0 bridgehead atoms. The molecule has 0 radical (unpaired) electrons. The van der Waals surface area contributed by atoms with Crippen molar-refractivity contribution in [2.75, 3.05) is 26.7 Å². The average Bonchev–Trinajstić information content (AvgIpc) is 2.30. The van der Waals surface area contributed by atoms with Crippen molar-refractivity contribution in [3.8, 4) is 0 Å². The number of carbonyl (C=O) groups excluding carboxylic acids is 1. The molecule has 2 fully saturated rings. The van der Waals surface area contributed by atoms with E-state index in [4.69, 9.17) is 4.74 Å². The van der Waals surface area contributed by atoms with Crippen molar-refractivity contribution >= 4 is 6.09 Å². The van der Waals surface area contributed by atoms with Crippen LogP contribution in [0.15, 0.2) is 0 Å². The fourth-order valence-electron chi connectivity index (χ4n) is 2.36. The lowest BCUT2D eigenvalue weighted by atomic mass is 9.87. The number of rotatable bonds is 0. The summed E-state index contributed by atoms with van der Waals surface area (Å²) in [4.78, 5) is 13.5. The van der Waals surface area contributed by atoms with Gasteiger partial charge >= 0.3 is 6.09 Å². The van der Waals surface area contributed by atoms with Crippen LogP contribution in [0.4, 0.5) is 4.79 Å². The summed E-state index contributed by atoms with van der Waals surface area (Å²) in [6.07, 6.45) is 4.04. The first-order valence-electron chi connectivity index (χ1n) is 5.34. The summed E-state index contributed by atoms with van der Waals surface area (Å²) >= 11 is 0. The highest BCUT2D eigenvalue weighted by Gasteiger charge is 2.36. The summed E-state index contributed by atoms with van der Waals surface area (Å²) in [6.45, 7) is 2.79. The molecule has 1 N–H and O–H groups in total. The van der Waals surface area contributed by atoms with Gasteiger partial charge in [0.2, 0.25) is 0 Å². The van der Waals surface area contributed by atoms with Crippen LogP contribution in [0.2, 0.25) is 0 Å². The second kappa shape index (κ2) is 3.77. The zero-order chi connectivity index (χ0) is 10.0. The van der Waals surface area contributed by atoms with Gasteiger partial charge in [-0.1, -0.05) is 0 Å². The van der Waals surface area contributed by atoms with Crippen molar-refractivity contribution in [2.24, 2.45) is 0 Å². The van der Waals surface area contributed by atoms with Crippen LogP contribution in [0.1, 0.15) is 25.7 Å². The van der Waals surface area contributed by atoms with Gasteiger partial charge in [0.1, 0.15) is 0 Å². The van der Waals surface area contributed by atoms with E-state index in [1.165, 1.54) is 0 Å². The minimum Gasteiger partial charge on any atom is -0.449 e. The molecule has 0 aliphatic carbocycles. The highest BCUT2D eigenvalue weighted by atomic mass is 16.6. The molecule has 4 nitrogen and oxygen atoms in total. The van der Waals surface area contributed by atoms with Gasteiger partial charge in [0.05, 0.1) is 6.61 Å². The highest BCUT2D eigenvalue weighted by Crippen LogP contribution is 2.27. The number of hydrogen-bond donors (Lipinski definition) is 1. The normalized spacial score (nSPS) is 34.8. The van der Waals surface area contributed by atoms with E-state index in [2.05, 4.69) is 17.3 Å². The van der Waals surface area contributed by atoms with Gasteiger partial charge in [-0.15, -0.1) is 0 Å². The summed E-state index contributed by atoms with van der Waals surface area (Å²) in [5.74, 6) is 0. The molecule has 2 rings (SSSR count). The summed E-state index contributed by atoms with van der Waals surface area (Å²) in [6, 6.07) is 0. The molecule has 1 spiro atoms. The Hall–Kier alpha value is -0.770. The molecule has 0 aromatic rings. The van der Waals surface area contributed by atoms with E-state index in [1.54, 1.807) is 0 Å². The largest absolute Gasteiger partial charge is 0.449 e. The van der Waals surface area contributed by atoms with E-state index >= 15 is 0 Å². The van der Waals surface area contributed by atoms with Gasteiger partial charge in [0.15, 0.2) is 0 Å². The second-order valence-corrected chi connectivity index (χ2v) is 4.45. The Morgan fingerprint density at radius 3 is 3.00 bits per heavy atom. The quantitative estimate of drug-likeness (QED) is 0.630. The zero-order valence-electron chi connectivity index (χ0n) is 8.71. The third-order valence-corrected chi connectivity index (χ3v) is 3.35. The Kier molecular flexibility index (Phi) is 2.63. The van der Waals surface area contributed by atoms with Gasteiger partial charge in [-0.05, 0) is 32.9 Å². The number of amides is 1. The molecule has 0 aromatic heterocycles. The minimum atomic E-state index is -0.235. The Bertz CT molecular complexity index is 232. The van der Waals surface area contributed by atoms with Gasteiger partial charge in [-0.3, -0.25) is 0 Å². The predicted molar refractivity (Wildman–Crippen MR) is 53.2 cm³/mol. The van der Waals surface area contributed by atoms with E-state index in [9.17, 15) is 4.79 Å². The summed E-state index contributed by atoms with van der Waals surface area (Å²) < 4.78 is 4.91. The minimum absolute atomic E-state index is 0.0279. The van der Waals surface area contributed by atoms with Crippen LogP contribution in [0.3, 0.4) is 0 Å². The maximum Gasteiger partial charge on any atom is 0.407 e. The Labute approximate surface area is 84.6 Å². The number of hydrogen-bond acceptors (Lipinski definition) is 3. The van der Waals surface area contributed by atoms with Crippen molar-refractivity contribution in [1.29, 1.82) is 0 Å². The van der Waals surface area contributed by atoms with E-state index in [1.807, 2.05) is 0 Å².